The summed E-state index contributed by atoms with van der Waals surface area (Å²) in [5.74, 6) is -0.0455. The minimum atomic E-state index is -0.726. The molecule has 0 spiro atoms. The second kappa shape index (κ2) is 7.17. The molecule has 2 aromatic rings. The molecule has 0 aromatic heterocycles. The van der Waals surface area contributed by atoms with Gasteiger partial charge in [0.25, 0.3) is 5.91 Å². The zero-order valence-electron chi connectivity index (χ0n) is 13.4. The molecule has 0 aliphatic heterocycles. The minimum Gasteiger partial charge on any atom is -0.476 e. The molecule has 24 heavy (non-hydrogen) atoms. The summed E-state index contributed by atoms with van der Waals surface area (Å²) < 4.78 is 10.6. The number of benzene rings is 2. The van der Waals surface area contributed by atoms with Crippen LogP contribution in [0.1, 0.15) is 34.9 Å². The van der Waals surface area contributed by atoms with Crippen LogP contribution < -0.4 is 10.1 Å². The van der Waals surface area contributed by atoms with Gasteiger partial charge in [0, 0.05) is 11.6 Å². The van der Waals surface area contributed by atoms with Gasteiger partial charge >= 0.3 is 5.97 Å². The molecular formula is C19H19NO4. The lowest BCUT2D eigenvalue weighted by molar-refractivity contribution is -0.128. The molecule has 0 radical (unpaired) electrons. The highest BCUT2D eigenvalue weighted by atomic mass is 16.5. The van der Waals surface area contributed by atoms with Gasteiger partial charge in [0.1, 0.15) is 5.75 Å². The van der Waals surface area contributed by atoms with Crippen LogP contribution in [0, 0.1) is 0 Å². The van der Waals surface area contributed by atoms with Crippen LogP contribution in [0.15, 0.2) is 54.6 Å². The zero-order chi connectivity index (χ0) is 16.9. The fraction of sp³-hybridized carbons (Fsp3) is 0.263. The van der Waals surface area contributed by atoms with Gasteiger partial charge in [-0.15, -0.1) is 0 Å². The average Bonchev–Trinajstić information content (AvgIpc) is 3.44. The first-order chi connectivity index (χ1) is 11.7. The van der Waals surface area contributed by atoms with Crippen molar-refractivity contribution in [3.63, 3.8) is 0 Å². The van der Waals surface area contributed by atoms with Gasteiger partial charge in [0.15, 0.2) is 0 Å². The fourth-order valence-electron chi connectivity index (χ4n) is 2.33. The Morgan fingerprint density at radius 2 is 1.71 bits per heavy atom. The molecule has 2 aromatic carbocycles. The summed E-state index contributed by atoms with van der Waals surface area (Å²) in [5.41, 5.74) is 1.22. The van der Waals surface area contributed by atoms with E-state index in [1.807, 2.05) is 30.3 Å². The van der Waals surface area contributed by atoms with E-state index in [9.17, 15) is 9.59 Å². The number of carbonyl (C=O) groups excluding carboxylic acids is 2. The van der Waals surface area contributed by atoms with Gasteiger partial charge in [-0.05, 0) is 37.1 Å². The molecule has 0 saturated heterocycles. The van der Waals surface area contributed by atoms with E-state index in [4.69, 9.17) is 4.74 Å². The van der Waals surface area contributed by atoms with E-state index in [1.165, 1.54) is 7.11 Å². The molecule has 5 nitrogen and oxygen atoms in total. The predicted molar refractivity (Wildman–Crippen MR) is 88.8 cm³/mol. The van der Waals surface area contributed by atoms with Crippen molar-refractivity contribution in [2.75, 3.05) is 7.11 Å². The summed E-state index contributed by atoms with van der Waals surface area (Å²) >= 11 is 0. The van der Waals surface area contributed by atoms with Crippen molar-refractivity contribution in [3.05, 3.63) is 65.7 Å². The van der Waals surface area contributed by atoms with Crippen molar-refractivity contribution in [3.8, 4) is 5.75 Å². The molecule has 3 rings (SSSR count). The highest BCUT2D eigenvalue weighted by molar-refractivity contribution is 5.89. The van der Waals surface area contributed by atoms with Crippen molar-refractivity contribution in [2.45, 2.75) is 25.0 Å². The summed E-state index contributed by atoms with van der Waals surface area (Å²) in [6.45, 7) is 0. The largest absolute Gasteiger partial charge is 0.476 e. The first-order valence-corrected chi connectivity index (χ1v) is 7.88. The fourth-order valence-corrected chi connectivity index (χ4v) is 2.33. The number of carbonyl (C=O) groups is 2. The molecule has 1 saturated carbocycles. The van der Waals surface area contributed by atoms with Gasteiger partial charge in [-0.25, -0.2) is 4.79 Å². The third kappa shape index (κ3) is 3.93. The molecular weight excluding hydrogens is 306 g/mol. The smallest absolute Gasteiger partial charge is 0.337 e. The number of methoxy groups -OCH3 is 1. The van der Waals surface area contributed by atoms with Crippen LogP contribution in [0.5, 0.6) is 5.75 Å². The zero-order valence-corrected chi connectivity index (χ0v) is 13.4. The number of rotatable bonds is 6. The Morgan fingerprint density at radius 1 is 1.04 bits per heavy atom. The topological polar surface area (TPSA) is 64.6 Å². The molecule has 0 bridgehead atoms. The molecule has 1 aliphatic rings. The molecule has 0 unspecified atom stereocenters. The minimum absolute atomic E-state index is 0.152. The summed E-state index contributed by atoms with van der Waals surface area (Å²) in [6, 6.07) is 16.2. The van der Waals surface area contributed by atoms with Gasteiger partial charge < -0.3 is 14.8 Å². The lowest BCUT2D eigenvalue weighted by atomic mass is 10.1. The Hall–Kier alpha value is -2.82. The maximum absolute atomic E-state index is 12.5. The summed E-state index contributed by atoms with van der Waals surface area (Å²) in [6.07, 6.45) is 1.30. The molecule has 5 heteroatoms. The Kier molecular flexibility index (Phi) is 4.79. The van der Waals surface area contributed by atoms with E-state index in [0.717, 1.165) is 18.4 Å². The lowest BCUT2D eigenvalue weighted by Crippen LogP contribution is -2.33. The van der Waals surface area contributed by atoms with Crippen molar-refractivity contribution in [1.82, 2.24) is 5.32 Å². The first-order valence-electron chi connectivity index (χ1n) is 7.88. The number of hydrogen-bond acceptors (Lipinski definition) is 4. The monoisotopic (exact) mass is 325 g/mol. The standard InChI is InChI=1S/C19H19NO4/c1-23-19(22)14-7-11-16(12-8-14)24-17(13-5-3-2-4-6-13)18(21)20-15-9-10-15/h2-8,11-12,15,17H,9-10H2,1H3,(H,20,21)/t17-/m1/s1. The average molecular weight is 325 g/mol. The van der Waals surface area contributed by atoms with Gasteiger partial charge in [-0.2, -0.15) is 0 Å². The predicted octanol–water partition coefficient (Wildman–Crippen LogP) is 2.87. The second-order valence-electron chi connectivity index (χ2n) is 5.71. The lowest BCUT2D eigenvalue weighted by Gasteiger charge is -2.19. The first kappa shape index (κ1) is 16.1. The quantitative estimate of drug-likeness (QED) is 0.830. The molecule has 0 heterocycles. The Bertz CT molecular complexity index is 708. The van der Waals surface area contributed by atoms with Crippen LogP contribution in [0.3, 0.4) is 0 Å². The number of nitrogens with one attached hydrogen (secondary N) is 1. The van der Waals surface area contributed by atoms with Crippen molar-refractivity contribution in [2.24, 2.45) is 0 Å². The summed E-state index contributed by atoms with van der Waals surface area (Å²) in [7, 11) is 1.33. The van der Waals surface area contributed by atoms with Crippen molar-refractivity contribution >= 4 is 11.9 Å². The van der Waals surface area contributed by atoms with Gasteiger partial charge in [0.2, 0.25) is 6.10 Å². The van der Waals surface area contributed by atoms with E-state index >= 15 is 0 Å². The molecule has 124 valence electrons. The second-order valence-corrected chi connectivity index (χ2v) is 5.71. The third-order valence-corrected chi connectivity index (χ3v) is 3.79. The van der Waals surface area contributed by atoms with Crippen LogP contribution in [0.25, 0.3) is 0 Å². The molecule has 1 atom stereocenters. The summed E-state index contributed by atoms with van der Waals surface area (Å²) in [5, 5.41) is 2.97. The van der Waals surface area contributed by atoms with Crippen LogP contribution in [-0.4, -0.2) is 25.0 Å². The van der Waals surface area contributed by atoms with E-state index < -0.39 is 12.1 Å². The molecule has 1 fully saturated rings. The highest BCUT2D eigenvalue weighted by Crippen LogP contribution is 2.25. The number of hydrogen-bond donors (Lipinski definition) is 1. The van der Waals surface area contributed by atoms with Crippen LogP contribution in [0.2, 0.25) is 0 Å². The van der Waals surface area contributed by atoms with Crippen LogP contribution in [0.4, 0.5) is 0 Å². The van der Waals surface area contributed by atoms with Crippen molar-refractivity contribution in [1.29, 1.82) is 0 Å². The molecule has 1 N–H and O–H groups in total. The van der Waals surface area contributed by atoms with Crippen LogP contribution >= 0.6 is 0 Å². The Balaban J connectivity index is 1.78. The SMILES string of the molecule is COC(=O)c1ccc(O[C@@H](C(=O)NC2CC2)c2ccccc2)cc1. The highest BCUT2D eigenvalue weighted by Gasteiger charge is 2.29. The number of esters is 1. The van der Waals surface area contributed by atoms with Crippen LogP contribution in [-0.2, 0) is 9.53 Å². The molecule has 1 aliphatic carbocycles. The normalized spacial score (nSPS) is 14.5. The Morgan fingerprint density at radius 3 is 2.29 bits per heavy atom. The Labute approximate surface area is 140 Å². The maximum Gasteiger partial charge on any atom is 0.337 e. The van der Waals surface area contributed by atoms with Crippen molar-refractivity contribution < 1.29 is 19.1 Å². The maximum atomic E-state index is 12.5. The number of amides is 1. The van der Waals surface area contributed by atoms with E-state index in [1.54, 1.807) is 24.3 Å². The van der Waals surface area contributed by atoms with E-state index in [2.05, 4.69) is 10.1 Å². The number of ether oxygens (including phenoxy) is 2. The van der Waals surface area contributed by atoms with E-state index in [0.29, 0.717) is 11.3 Å². The van der Waals surface area contributed by atoms with E-state index in [-0.39, 0.29) is 11.9 Å². The van der Waals surface area contributed by atoms with Gasteiger partial charge in [-0.3, -0.25) is 4.79 Å². The van der Waals surface area contributed by atoms with Gasteiger partial charge in [-0.1, -0.05) is 30.3 Å². The summed E-state index contributed by atoms with van der Waals surface area (Å²) in [4.78, 5) is 24.0. The van der Waals surface area contributed by atoms with Gasteiger partial charge in [0.05, 0.1) is 12.7 Å². The third-order valence-electron chi connectivity index (χ3n) is 3.79. The molecule has 1 amide bonds.